The summed E-state index contributed by atoms with van der Waals surface area (Å²) >= 11 is 5.76. The van der Waals surface area contributed by atoms with Gasteiger partial charge in [-0.2, -0.15) is 0 Å². The maximum absolute atomic E-state index is 5.76. The van der Waals surface area contributed by atoms with Crippen molar-refractivity contribution in [1.29, 1.82) is 0 Å². The Bertz CT molecular complexity index is 470. The maximum Gasteiger partial charge on any atom is 0.213 e. The van der Waals surface area contributed by atoms with Gasteiger partial charge in [0.05, 0.1) is 12.7 Å². The lowest BCUT2D eigenvalue weighted by Crippen LogP contribution is -1.99. The minimum atomic E-state index is 0.464. The van der Waals surface area contributed by atoms with Gasteiger partial charge in [-0.25, -0.2) is 9.97 Å². The topological polar surface area (TPSA) is 51.0 Å². The van der Waals surface area contributed by atoms with Crippen LogP contribution in [0.25, 0.3) is 0 Å². The van der Waals surface area contributed by atoms with Crippen molar-refractivity contribution in [2.45, 2.75) is 19.9 Å². The lowest BCUT2D eigenvalue weighted by Gasteiger charge is -2.02. The zero-order chi connectivity index (χ0) is 11.4. The Kier molecular flexibility index (Phi) is 3.41. The number of hydrogen-bond donors (Lipinski definition) is 1. The summed E-state index contributed by atoms with van der Waals surface area (Å²) in [5.74, 6) is 1.56. The molecule has 2 heterocycles. The number of rotatable bonds is 4. The fraction of sp³-hybridized carbons (Fsp3) is 0.273. The monoisotopic (exact) mass is 237 g/mol. The summed E-state index contributed by atoms with van der Waals surface area (Å²) in [5, 5.41) is 3.62. The highest BCUT2D eigenvalue weighted by molar-refractivity contribution is 6.29. The van der Waals surface area contributed by atoms with Crippen LogP contribution in [-0.4, -0.2) is 9.97 Å². The Hall–Kier alpha value is -1.55. The van der Waals surface area contributed by atoms with Gasteiger partial charge in [-0.3, -0.25) is 0 Å². The molecule has 2 aromatic heterocycles. The van der Waals surface area contributed by atoms with E-state index in [2.05, 4.69) is 15.3 Å². The lowest BCUT2D eigenvalue weighted by molar-refractivity contribution is 0.466. The van der Waals surface area contributed by atoms with Gasteiger partial charge in [-0.1, -0.05) is 18.5 Å². The number of aromatic nitrogens is 2. The molecule has 1 N–H and O–H groups in total. The van der Waals surface area contributed by atoms with Gasteiger partial charge in [0, 0.05) is 18.3 Å². The molecule has 4 nitrogen and oxygen atoms in total. The summed E-state index contributed by atoms with van der Waals surface area (Å²) < 4.78 is 5.46. The predicted octanol–water partition coefficient (Wildman–Crippen LogP) is 2.90. The van der Waals surface area contributed by atoms with Crippen LogP contribution in [0.1, 0.15) is 18.6 Å². The number of nitrogens with zero attached hydrogens (tertiary/aromatic N) is 2. The first kappa shape index (κ1) is 11.0. The number of aryl methyl sites for hydroxylation is 1. The second-order valence-electron chi connectivity index (χ2n) is 3.29. The average Bonchev–Trinajstić information content (AvgIpc) is 2.74. The van der Waals surface area contributed by atoms with E-state index < -0.39 is 0 Å². The van der Waals surface area contributed by atoms with Crippen molar-refractivity contribution in [3.8, 4) is 0 Å². The summed E-state index contributed by atoms with van der Waals surface area (Å²) in [7, 11) is 0. The van der Waals surface area contributed by atoms with Gasteiger partial charge in [-0.15, -0.1) is 0 Å². The van der Waals surface area contributed by atoms with Crippen molar-refractivity contribution in [2.75, 3.05) is 5.32 Å². The summed E-state index contributed by atoms with van der Waals surface area (Å²) in [6.07, 6.45) is 4.25. The van der Waals surface area contributed by atoms with Crippen molar-refractivity contribution in [2.24, 2.45) is 0 Å². The molecule has 0 saturated carbocycles. The summed E-state index contributed by atoms with van der Waals surface area (Å²) in [4.78, 5) is 8.05. The normalized spacial score (nSPS) is 10.4. The molecule has 0 saturated heterocycles. The van der Waals surface area contributed by atoms with E-state index in [1.54, 1.807) is 18.5 Å². The fourth-order valence-corrected chi connectivity index (χ4v) is 1.46. The van der Waals surface area contributed by atoms with Crippen LogP contribution in [0.5, 0.6) is 0 Å². The smallest absolute Gasteiger partial charge is 0.213 e. The van der Waals surface area contributed by atoms with Gasteiger partial charge in [0.2, 0.25) is 5.89 Å². The van der Waals surface area contributed by atoms with E-state index in [9.17, 15) is 0 Å². The molecule has 0 spiro atoms. The molecule has 5 heteroatoms. The van der Waals surface area contributed by atoms with Crippen LogP contribution in [0.4, 0.5) is 5.69 Å². The molecule has 84 valence electrons. The number of oxazole rings is 1. The molecule has 0 aliphatic heterocycles. The third-order valence-electron chi connectivity index (χ3n) is 2.12. The third kappa shape index (κ3) is 2.73. The van der Waals surface area contributed by atoms with Crippen LogP contribution in [-0.2, 0) is 13.0 Å². The Morgan fingerprint density at radius 2 is 2.31 bits per heavy atom. The average molecular weight is 238 g/mol. The first-order chi connectivity index (χ1) is 7.78. The molecule has 0 radical (unpaired) electrons. The van der Waals surface area contributed by atoms with E-state index in [1.165, 1.54) is 0 Å². The van der Waals surface area contributed by atoms with Crippen LogP contribution in [0.15, 0.2) is 28.9 Å². The van der Waals surface area contributed by atoms with Crippen molar-refractivity contribution in [1.82, 2.24) is 9.97 Å². The summed E-state index contributed by atoms with van der Waals surface area (Å²) in [6.45, 7) is 2.57. The van der Waals surface area contributed by atoms with Crippen molar-refractivity contribution in [3.05, 3.63) is 41.3 Å². The number of nitrogens with one attached hydrogen (secondary N) is 1. The second-order valence-corrected chi connectivity index (χ2v) is 3.68. The fourth-order valence-electron chi connectivity index (χ4n) is 1.28. The molecule has 2 rings (SSSR count). The Labute approximate surface area is 98.7 Å². The molecule has 0 bridgehead atoms. The first-order valence-corrected chi connectivity index (χ1v) is 5.44. The molecule has 0 aromatic carbocycles. The molecular weight excluding hydrogens is 226 g/mol. The van der Waals surface area contributed by atoms with Crippen LogP contribution >= 0.6 is 11.6 Å². The zero-order valence-corrected chi connectivity index (χ0v) is 9.66. The minimum Gasteiger partial charge on any atom is -0.444 e. The van der Waals surface area contributed by atoms with E-state index >= 15 is 0 Å². The molecule has 0 unspecified atom stereocenters. The van der Waals surface area contributed by atoms with Crippen LogP contribution in [0.2, 0.25) is 5.15 Å². The molecule has 0 aliphatic rings. The van der Waals surface area contributed by atoms with Crippen LogP contribution in [0.3, 0.4) is 0 Å². The summed E-state index contributed by atoms with van der Waals surface area (Å²) in [5.41, 5.74) is 0.899. The molecule has 0 fully saturated rings. The first-order valence-electron chi connectivity index (χ1n) is 5.07. The van der Waals surface area contributed by atoms with Gasteiger partial charge in [0.1, 0.15) is 10.9 Å². The lowest BCUT2D eigenvalue weighted by atomic mass is 10.4. The SMILES string of the molecule is CCc1cnc(CNc2ccnc(Cl)c2)o1. The molecule has 2 aromatic rings. The van der Waals surface area contributed by atoms with E-state index in [4.69, 9.17) is 16.0 Å². The van der Waals surface area contributed by atoms with Gasteiger partial charge in [-0.05, 0) is 12.1 Å². The predicted molar refractivity (Wildman–Crippen MR) is 62.5 cm³/mol. The van der Waals surface area contributed by atoms with E-state index in [1.807, 2.05) is 13.0 Å². The van der Waals surface area contributed by atoms with Gasteiger partial charge < -0.3 is 9.73 Å². The number of pyridine rings is 1. The Balaban J connectivity index is 1.96. The van der Waals surface area contributed by atoms with E-state index in [-0.39, 0.29) is 0 Å². The minimum absolute atomic E-state index is 0.464. The number of anilines is 1. The maximum atomic E-state index is 5.76. The molecular formula is C11H12ClN3O. The van der Waals surface area contributed by atoms with Crippen LogP contribution < -0.4 is 5.32 Å². The van der Waals surface area contributed by atoms with Gasteiger partial charge in [0.25, 0.3) is 0 Å². The van der Waals surface area contributed by atoms with Gasteiger partial charge in [0.15, 0.2) is 0 Å². The highest BCUT2D eigenvalue weighted by Gasteiger charge is 2.02. The standard InChI is InChI=1S/C11H12ClN3O/c1-2-9-6-15-11(16-9)7-14-8-3-4-13-10(12)5-8/h3-6H,2,7H2,1H3,(H,13,14). The zero-order valence-electron chi connectivity index (χ0n) is 8.90. The largest absolute Gasteiger partial charge is 0.444 e. The molecule has 16 heavy (non-hydrogen) atoms. The highest BCUT2D eigenvalue weighted by atomic mass is 35.5. The third-order valence-corrected chi connectivity index (χ3v) is 2.33. The van der Waals surface area contributed by atoms with Crippen molar-refractivity contribution >= 4 is 17.3 Å². The van der Waals surface area contributed by atoms with Crippen LogP contribution in [0, 0.1) is 0 Å². The number of halogens is 1. The molecule has 0 amide bonds. The highest BCUT2D eigenvalue weighted by Crippen LogP contribution is 2.13. The quantitative estimate of drug-likeness (QED) is 0.831. The van der Waals surface area contributed by atoms with Crippen molar-refractivity contribution < 1.29 is 4.42 Å². The summed E-state index contributed by atoms with van der Waals surface area (Å²) in [6, 6.07) is 3.60. The molecule has 0 atom stereocenters. The number of hydrogen-bond acceptors (Lipinski definition) is 4. The van der Waals surface area contributed by atoms with Gasteiger partial charge >= 0.3 is 0 Å². The Morgan fingerprint density at radius 1 is 1.44 bits per heavy atom. The molecule has 0 aliphatic carbocycles. The van der Waals surface area contributed by atoms with Crippen molar-refractivity contribution in [3.63, 3.8) is 0 Å². The van der Waals surface area contributed by atoms with E-state index in [0.29, 0.717) is 17.6 Å². The van der Waals surface area contributed by atoms with E-state index in [0.717, 1.165) is 17.9 Å². The Morgan fingerprint density at radius 3 is 3.00 bits per heavy atom. The second kappa shape index (κ2) is 4.99.